The van der Waals surface area contributed by atoms with Gasteiger partial charge in [0.15, 0.2) is 5.65 Å². The number of fused-ring (bicyclic) bond motifs is 1. The highest BCUT2D eigenvalue weighted by Crippen LogP contribution is 2.31. The number of nitrogens with zero attached hydrogens (tertiary/aromatic N) is 3. The molecule has 20 heavy (non-hydrogen) atoms. The van der Waals surface area contributed by atoms with Crippen LogP contribution >= 0.6 is 0 Å². The van der Waals surface area contributed by atoms with E-state index in [2.05, 4.69) is 20.3 Å². The number of aromatic nitrogens is 3. The van der Waals surface area contributed by atoms with Gasteiger partial charge in [-0.25, -0.2) is 15.0 Å². The molecule has 2 unspecified atom stereocenters. The number of rotatable bonds is 4. The SMILES string of the molecule is Nc1ccc2c(NC3CCCC3CCO)ncnc2n1. The molecule has 2 heterocycles. The highest BCUT2D eigenvalue weighted by atomic mass is 16.3. The summed E-state index contributed by atoms with van der Waals surface area (Å²) in [6.07, 6.45) is 5.81. The highest BCUT2D eigenvalue weighted by Gasteiger charge is 2.27. The molecular formula is C14H19N5O. The molecule has 106 valence electrons. The average molecular weight is 273 g/mol. The number of nitrogens with one attached hydrogen (secondary N) is 1. The lowest BCUT2D eigenvalue weighted by Crippen LogP contribution is -2.25. The number of nitrogens with two attached hydrogens (primary N) is 1. The normalized spacial score (nSPS) is 22.2. The highest BCUT2D eigenvalue weighted by molar-refractivity contribution is 5.87. The molecule has 6 heteroatoms. The van der Waals surface area contributed by atoms with E-state index in [1.165, 1.54) is 12.7 Å². The molecule has 0 saturated heterocycles. The number of anilines is 2. The molecule has 1 aliphatic carbocycles. The van der Waals surface area contributed by atoms with Crippen LogP contribution in [-0.4, -0.2) is 32.7 Å². The summed E-state index contributed by atoms with van der Waals surface area (Å²) in [6, 6.07) is 4.02. The second kappa shape index (κ2) is 5.58. The van der Waals surface area contributed by atoms with Crippen LogP contribution in [0.5, 0.6) is 0 Å². The molecule has 1 aliphatic rings. The maximum absolute atomic E-state index is 9.14. The molecule has 6 nitrogen and oxygen atoms in total. The summed E-state index contributed by atoms with van der Waals surface area (Å²) >= 11 is 0. The van der Waals surface area contributed by atoms with Crippen molar-refractivity contribution in [1.29, 1.82) is 0 Å². The summed E-state index contributed by atoms with van der Waals surface area (Å²) in [6.45, 7) is 0.242. The Hall–Kier alpha value is -1.95. The second-order valence-corrected chi connectivity index (χ2v) is 5.28. The fourth-order valence-electron chi connectivity index (χ4n) is 2.99. The third-order valence-electron chi connectivity index (χ3n) is 4.00. The van der Waals surface area contributed by atoms with Crippen LogP contribution in [0.3, 0.4) is 0 Å². The topological polar surface area (TPSA) is 97.0 Å². The Labute approximate surface area is 117 Å². The van der Waals surface area contributed by atoms with Gasteiger partial charge in [0.2, 0.25) is 0 Å². The van der Waals surface area contributed by atoms with Gasteiger partial charge in [-0.3, -0.25) is 0 Å². The molecule has 2 atom stereocenters. The number of hydrogen-bond acceptors (Lipinski definition) is 6. The van der Waals surface area contributed by atoms with Crippen LogP contribution in [0.25, 0.3) is 11.0 Å². The minimum Gasteiger partial charge on any atom is -0.396 e. The van der Waals surface area contributed by atoms with Crippen molar-refractivity contribution in [3.63, 3.8) is 0 Å². The Morgan fingerprint density at radius 3 is 3.05 bits per heavy atom. The quantitative estimate of drug-likeness (QED) is 0.782. The second-order valence-electron chi connectivity index (χ2n) is 5.28. The van der Waals surface area contributed by atoms with Crippen LogP contribution in [0.15, 0.2) is 18.5 Å². The molecule has 0 radical (unpaired) electrons. The molecule has 1 fully saturated rings. The minimum absolute atomic E-state index is 0.242. The van der Waals surface area contributed by atoms with Crippen molar-refractivity contribution < 1.29 is 5.11 Å². The molecule has 2 aromatic rings. The van der Waals surface area contributed by atoms with E-state index >= 15 is 0 Å². The van der Waals surface area contributed by atoms with Gasteiger partial charge in [-0.05, 0) is 37.3 Å². The summed E-state index contributed by atoms with van der Waals surface area (Å²) in [5, 5.41) is 13.5. The Balaban J connectivity index is 1.87. The van der Waals surface area contributed by atoms with E-state index in [9.17, 15) is 0 Å². The van der Waals surface area contributed by atoms with Crippen LogP contribution in [0, 0.1) is 5.92 Å². The lowest BCUT2D eigenvalue weighted by molar-refractivity contribution is 0.254. The molecular weight excluding hydrogens is 254 g/mol. The van der Waals surface area contributed by atoms with E-state index in [1.807, 2.05) is 6.07 Å². The smallest absolute Gasteiger partial charge is 0.166 e. The zero-order valence-corrected chi connectivity index (χ0v) is 11.3. The van der Waals surface area contributed by atoms with E-state index in [-0.39, 0.29) is 6.61 Å². The van der Waals surface area contributed by atoms with Crippen LogP contribution < -0.4 is 11.1 Å². The van der Waals surface area contributed by atoms with Crippen molar-refractivity contribution in [2.45, 2.75) is 31.7 Å². The van der Waals surface area contributed by atoms with Gasteiger partial charge in [-0.2, -0.15) is 0 Å². The zero-order chi connectivity index (χ0) is 13.9. The summed E-state index contributed by atoms with van der Waals surface area (Å²) < 4.78 is 0. The molecule has 4 N–H and O–H groups in total. The first-order valence-electron chi connectivity index (χ1n) is 7.02. The predicted octanol–water partition coefficient (Wildman–Crippen LogP) is 1.57. The number of pyridine rings is 1. The van der Waals surface area contributed by atoms with Crippen molar-refractivity contribution >= 4 is 22.7 Å². The maximum Gasteiger partial charge on any atom is 0.166 e. The van der Waals surface area contributed by atoms with Crippen LogP contribution in [0.1, 0.15) is 25.7 Å². The Bertz CT molecular complexity index is 603. The Morgan fingerprint density at radius 2 is 2.20 bits per heavy atom. The van der Waals surface area contributed by atoms with Crippen LogP contribution in [-0.2, 0) is 0 Å². The lowest BCUT2D eigenvalue weighted by atomic mass is 10.00. The van der Waals surface area contributed by atoms with Gasteiger partial charge in [-0.1, -0.05) is 6.42 Å². The van der Waals surface area contributed by atoms with Crippen molar-refractivity contribution in [2.24, 2.45) is 5.92 Å². The van der Waals surface area contributed by atoms with Gasteiger partial charge in [0.1, 0.15) is 18.0 Å². The molecule has 0 aromatic carbocycles. The first-order valence-corrected chi connectivity index (χ1v) is 7.02. The van der Waals surface area contributed by atoms with E-state index in [4.69, 9.17) is 10.8 Å². The maximum atomic E-state index is 9.14. The van der Waals surface area contributed by atoms with E-state index in [0.29, 0.717) is 23.4 Å². The van der Waals surface area contributed by atoms with E-state index < -0.39 is 0 Å². The predicted molar refractivity (Wildman–Crippen MR) is 78.2 cm³/mol. The molecule has 0 amide bonds. The van der Waals surface area contributed by atoms with Gasteiger partial charge in [0.05, 0.1) is 5.39 Å². The van der Waals surface area contributed by atoms with Gasteiger partial charge in [-0.15, -0.1) is 0 Å². The Kier molecular flexibility index (Phi) is 3.64. The molecule has 0 spiro atoms. The largest absolute Gasteiger partial charge is 0.396 e. The van der Waals surface area contributed by atoms with E-state index in [0.717, 1.165) is 30.5 Å². The standard InChI is InChI=1S/C14H19N5O/c15-12-5-4-10-13(16-8-17-14(10)19-12)18-11-3-1-2-9(11)6-7-20/h4-5,8-9,11,20H,1-3,6-7H2,(H3,15,16,17,18,19). The van der Waals surface area contributed by atoms with Gasteiger partial charge >= 0.3 is 0 Å². The monoisotopic (exact) mass is 273 g/mol. The third-order valence-corrected chi connectivity index (χ3v) is 4.00. The minimum atomic E-state index is 0.242. The fourth-order valence-corrected chi connectivity index (χ4v) is 2.99. The number of aliphatic hydroxyl groups excluding tert-OH is 1. The summed E-state index contributed by atoms with van der Waals surface area (Å²) in [5.74, 6) is 1.77. The van der Waals surface area contributed by atoms with Crippen LogP contribution in [0.4, 0.5) is 11.6 Å². The first kappa shape index (κ1) is 13.1. The fraction of sp³-hybridized carbons (Fsp3) is 0.500. The van der Waals surface area contributed by atoms with Crippen molar-refractivity contribution in [3.05, 3.63) is 18.5 Å². The summed E-state index contributed by atoms with van der Waals surface area (Å²) in [7, 11) is 0. The van der Waals surface area contributed by atoms with Gasteiger partial charge in [0.25, 0.3) is 0 Å². The molecule has 1 saturated carbocycles. The number of nitrogen functional groups attached to an aromatic ring is 1. The summed E-state index contributed by atoms with van der Waals surface area (Å²) in [4.78, 5) is 12.7. The first-order chi connectivity index (χ1) is 9.78. The molecule has 0 bridgehead atoms. The molecule has 3 rings (SSSR count). The number of aliphatic hydroxyl groups is 1. The van der Waals surface area contributed by atoms with Crippen molar-refractivity contribution in [3.8, 4) is 0 Å². The van der Waals surface area contributed by atoms with E-state index in [1.54, 1.807) is 6.07 Å². The van der Waals surface area contributed by atoms with Crippen LogP contribution in [0.2, 0.25) is 0 Å². The average Bonchev–Trinajstić information content (AvgIpc) is 2.86. The van der Waals surface area contributed by atoms with Gasteiger partial charge in [0, 0.05) is 12.6 Å². The third kappa shape index (κ3) is 2.51. The van der Waals surface area contributed by atoms with Crippen molar-refractivity contribution in [2.75, 3.05) is 17.7 Å². The molecule has 0 aliphatic heterocycles. The summed E-state index contributed by atoms with van der Waals surface area (Å²) in [5.41, 5.74) is 6.29. The zero-order valence-electron chi connectivity index (χ0n) is 11.3. The lowest BCUT2D eigenvalue weighted by Gasteiger charge is -2.21. The Morgan fingerprint density at radius 1 is 1.30 bits per heavy atom. The van der Waals surface area contributed by atoms with Gasteiger partial charge < -0.3 is 16.2 Å². The number of hydrogen-bond donors (Lipinski definition) is 3. The van der Waals surface area contributed by atoms with Crippen molar-refractivity contribution in [1.82, 2.24) is 15.0 Å². The molecule has 2 aromatic heterocycles.